The highest BCUT2D eigenvalue weighted by Gasteiger charge is 2.45. The van der Waals surface area contributed by atoms with Gasteiger partial charge < -0.3 is 27.2 Å². The summed E-state index contributed by atoms with van der Waals surface area (Å²) in [7, 11) is -1.69. The number of methoxy groups -OCH3 is 1. The average molecular weight is 322 g/mol. The zero-order valence-electron chi connectivity index (χ0n) is 13.3. The van der Waals surface area contributed by atoms with Crippen molar-refractivity contribution in [1.29, 1.82) is 0 Å². The van der Waals surface area contributed by atoms with Crippen LogP contribution in [0.3, 0.4) is 0 Å². The molecule has 0 aliphatic heterocycles. The molecule has 0 heterocycles. The average Bonchev–Trinajstić information content (AvgIpc) is 2.45. The molecular weight excluding hydrogens is 296 g/mol. The largest absolute Gasteiger partial charge is 0.681 e. The Hall–Kier alpha value is -0.773. The molecule has 0 fully saturated rings. The van der Waals surface area contributed by atoms with Crippen molar-refractivity contribution in [2.75, 3.05) is 40.3 Å². The first-order chi connectivity index (χ1) is 10.0. The number of hydrogen-bond donors (Lipinski definition) is 0. The monoisotopic (exact) mass is 322 g/mol. The quantitative estimate of drug-likeness (QED) is 0.168. The summed E-state index contributed by atoms with van der Waals surface area (Å²) in [6.45, 7) is 10.1. The predicted octanol–water partition coefficient (Wildman–Crippen LogP) is 1.64. The fourth-order valence-corrected chi connectivity index (χ4v) is 3.14. The van der Waals surface area contributed by atoms with Gasteiger partial charge in [-0.05, 0) is 20.8 Å². The van der Waals surface area contributed by atoms with E-state index in [-0.39, 0.29) is 13.4 Å². The number of ether oxygens (including phenoxy) is 2. The van der Waals surface area contributed by atoms with Crippen LogP contribution < -0.4 is 0 Å². The molecule has 21 heavy (non-hydrogen) atoms. The lowest BCUT2D eigenvalue weighted by atomic mass is 10.4. The Labute approximate surface area is 127 Å². The van der Waals surface area contributed by atoms with Gasteiger partial charge in [0.05, 0.1) is 6.61 Å². The van der Waals surface area contributed by atoms with Gasteiger partial charge in [-0.3, -0.25) is 0 Å². The third kappa shape index (κ3) is 8.97. The van der Waals surface area contributed by atoms with Crippen molar-refractivity contribution in [1.82, 2.24) is 0 Å². The van der Waals surface area contributed by atoms with Gasteiger partial charge in [-0.1, -0.05) is 6.58 Å². The summed E-state index contributed by atoms with van der Waals surface area (Å²) in [6.07, 6.45) is 0.504. The first-order valence-corrected chi connectivity index (χ1v) is 8.52. The Morgan fingerprint density at radius 2 is 1.67 bits per heavy atom. The molecule has 0 saturated heterocycles. The molecule has 0 saturated carbocycles. The summed E-state index contributed by atoms with van der Waals surface area (Å²) in [6, 6.07) is 0. The van der Waals surface area contributed by atoms with Crippen LogP contribution in [0.25, 0.3) is 0 Å². The van der Waals surface area contributed by atoms with Crippen molar-refractivity contribution in [3.63, 3.8) is 0 Å². The van der Waals surface area contributed by atoms with E-state index in [1.165, 1.54) is 7.11 Å². The highest BCUT2D eigenvalue weighted by molar-refractivity contribution is 6.53. The smallest absolute Gasteiger partial charge is 0.462 e. The molecule has 0 aliphatic carbocycles. The Morgan fingerprint density at radius 1 is 1.05 bits per heavy atom. The summed E-state index contributed by atoms with van der Waals surface area (Å²) in [4.78, 5) is 11.2. The predicted molar refractivity (Wildman–Crippen MR) is 78.3 cm³/mol. The minimum absolute atomic E-state index is 0.0247. The standard InChI is InChI=1S/C13H26O7Si/c1-6-17-21(18-7-2,20-11-15-5)19-10-8-9-16-13(14)12(3)4/h3,6-11H2,1-2,4-5H3. The number of hydrogen-bond acceptors (Lipinski definition) is 7. The van der Waals surface area contributed by atoms with Crippen molar-refractivity contribution in [3.05, 3.63) is 12.2 Å². The van der Waals surface area contributed by atoms with Gasteiger partial charge in [-0.15, -0.1) is 0 Å². The van der Waals surface area contributed by atoms with E-state index in [1.54, 1.807) is 6.92 Å². The minimum atomic E-state index is -3.20. The van der Waals surface area contributed by atoms with Crippen LogP contribution in [0.5, 0.6) is 0 Å². The van der Waals surface area contributed by atoms with Crippen LogP contribution in [0.1, 0.15) is 27.2 Å². The van der Waals surface area contributed by atoms with Gasteiger partial charge in [0.2, 0.25) is 0 Å². The van der Waals surface area contributed by atoms with Crippen LogP contribution >= 0.6 is 0 Å². The molecule has 124 valence electrons. The van der Waals surface area contributed by atoms with E-state index in [0.717, 1.165) is 0 Å². The van der Waals surface area contributed by atoms with Gasteiger partial charge in [-0.2, -0.15) is 0 Å². The topological polar surface area (TPSA) is 72.5 Å². The second kappa shape index (κ2) is 11.8. The second-order valence-electron chi connectivity index (χ2n) is 4.04. The Bertz CT molecular complexity index is 303. The zero-order chi connectivity index (χ0) is 16.1. The first-order valence-electron chi connectivity index (χ1n) is 6.88. The Morgan fingerprint density at radius 3 is 2.14 bits per heavy atom. The molecule has 0 bridgehead atoms. The van der Waals surface area contributed by atoms with E-state index >= 15 is 0 Å². The van der Waals surface area contributed by atoms with Crippen LogP contribution in [0.4, 0.5) is 0 Å². The molecule has 0 aromatic carbocycles. The van der Waals surface area contributed by atoms with E-state index in [4.69, 9.17) is 27.2 Å². The molecule has 0 unspecified atom stereocenters. The van der Waals surface area contributed by atoms with Gasteiger partial charge in [0.15, 0.2) is 0 Å². The molecule has 0 aromatic rings. The van der Waals surface area contributed by atoms with E-state index in [1.807, 2.05) is 13.8 Å². The van der Waals surface area contributed by atoms with Crippen molar-refractivity contribution < 1.29 is 32.0 Å². The second-order valence-corrected chi connectivity index (χ2v) is 6.19. The molecule has 0 rings (SSSR count). The maximum absolute atomic E-state index is 11.2. The molecule has 8 heteroatoms. The van der Waals surface area contributed by atoms with Gasteiger partial charge >= 0.3 is 15.0 Å². The number of carbonyl (C=O) groups is 1. The summed E-state index contributed by atoms with van der Waals surface area (Å²) >= 11 is 0. The number of carbonyl (C=O) groups excluding carboxylic acids is 1. The van der Waals surface area contributed by atoms with Crippen LogP contribution in [0, 0.1) is 0 Å². The van der Waals surface area contributed by atoms with E-state index in [0.29, 0.717) is 31.8 Å². The highest BCUT2D eigenvalue weighted by Crippen LogP contribution is 2.12. The molecule has 0 aromatic heterocycles. The van der Waals surface area contributed by atoms with Gasteiger partial charge in [0.1, 0.15) is 6.79 Å². The third-order valence-electron chi connectivity index (χ3n) is 2.14. The van der Waals surface area contributed by atoms with Crippen LogP contribution in [-0.2, 0) is 32.0 Å². The van der Waals surface area contributed by atoms with Crippen LogP contribution in [0.2, 0.25) is 0 Å². The molecule has 7 nitrogen and oxygen atoms in total. The summed E-state index contributed by atoms with van der Waals surface area (Å²) in [5, 5.41) is 0. The van der Waals surface area contributed by atoms with E-state index < -0.39 is 15.0 Å². The molecule has 0 aliphatic rings. The highest BCUT2D eigenvalue weighted by atomic mass is 28.4. The van der Waals surface area contributed by atoms with Crippen molar-refractivity contribution >= 4 is 15.0 Å². The fourth-order valence-electron chi connectivity index (χ4n) is 1.28. The molecule has 0 N–H and O–H groups in total. The molecule has 0 amide bonds. The fraction of sp³-hybridized carbons (Fsp3) is 0.769. The Kier molecular flexibility index (Phi) is 11.4. The van der Waals surface area contributed by atoms with E-state index in [2.05, 4.69) is 6.58 Å². The minimum Gasteiger partial charge on any atom is -0.462 e. The van der Waals surface area contributed by atoms with Crippen molar-refractivity contribution in [3.8, 4) is 0 Å². The van der Waals surface area contributed by atoms with Crippen LogP contribution in [-0.4, -0.2) is 55.3 Å². The molecule has 0 atom stereocenters. The summed E-state index contributed by atoms with van der Waals surface area (Å²) in [5.74, 6) is -0.413. The van der Waals surface area contributed by atoms with Gasteiger partial charge in [0.25, 0.3) is 0 Å². The lowest BCUT2D eigenvalue weighted by Crippen LogP contribution is -2.50. The lowest BCUT2D eigenvalue weighted by Gasteiger charge is -2.26. The Balaban J connectivity index is 4.20. The SMILES string of the molecule is C=C(C)C(=O)OCCCO[Si](OCC)(OCC)OCOC. The van der Waals surface area contributed by atoms with Gasteiger partial charge in [-0.25, -0.2) is 4.79 Å². The summed E-state index contributed by atoms with van der Waals surface area (Å²) in [5.41, 5.74) is 0.367. The molecule has 0 spiro atoms. The maximum atomic E-state index is 11.2. The summed E-state index contributed by atoms with van der Waals surface area (Å²) < 4.78 is 31.9. The first kappa shape index (κ1) is 20.2. The van der Waals surface area contributed by atoms with Gasteiger partial charge in [0, 0.05) is 38.9 Å². The number of rotatable bonds is 13. The molecular formula is C13H26O7Si. The normalized spacial score (nSPS) is 11.4. The molecule has 0 radical (unpaired) electrons. The number of esters is 1. The maximum Gasteiger partial charge on any atom is 0.681 e. The van der Waals surface area contributed by atoms with Crippen molar-refractivity contribution in [2.24, 2.45) is 0 Å². The van der Waals surface area contributed by atoms with E-state index in [9.17, 15) is 4.79 Å². The lowest BCUT2D eigenvalue weighted by molar-refractivity contribution is -0.139. The van der Waals surface area contributed by atoms with Crippen molar-refractivity contribution in [2.45, 2.75) is 27.2 Å². The van der Waals surface area contributed by atoms with Crippen LogP contribution in [0.15, 0.2) is 12.2 Å². The third-order valence-corrected chi connectivity index (χ3v) is 4.46. The zero-order valence-corrected chi connectivity index (χ0v) is 14.3.